The molecule has 5 heteroatoms. The fourth-order valence-electron chi connectivity index (χ4n) is 1.77. The predicted molar refractivity (Wildman–Crippen MR) is 75.7 cm³/mol. The van der Waals surface area contributed by atoms with Gasteiger partial charge in [-0.15, -0.1) is 0 Å². The summed E-state index contributed by atoms with van der Waals surface area (Å²) in [7, 11) is 3.42. The summed E-state index contributed by atoms with van der Waals surface area (Å²) in [6, 6.07) is 4.63. The highest BCUT2D eigenvalue weighted by molar-refractivity contribution is 6.31. The van der Waals surface area contributed by atoms with Crippen molar-refractivity contribution in [2.75, 3.05) is 27.2 Å². The van der Waals surface area contributed by atoms with Gasteiger partial charge in [0, 0.05) is 31.2 Å². The number of halogens is 2. The second kappa shape index (κ2) is 7.46. The molecule has 3 nitrogen and oxygen atoms in total. The van der Waals surface area contributed by atoms with Crippen LogP contribution in [0.2, 0.25) is 5.02 Å². The number of hydrogen-bond donors (Lipinski definition) is 0. The molecule has 0 aliphatic heterocycles. The maximum absolute atomic E-state index is 13.7. The number of carbonyl (C=O) groups is 1. The van der Waals surface area contributed by atoms with E-state index in [1.165, 1.54) is 11.0 Å². The van der Waals surface area contributed by atoms with Crippen molar-refractivity contribution in [1.29, 1.82) is 0 Å². The van der Waals surface area contributed by atoms with Crippen molar-refractivity contribution >= 4 is 17.5 Å². The van der Waals surface area contributed by atoms with E-state index in [0.29, 0.717) is 17.1 Å². The molecule has 106 valence electrons. The Morgan fingerprint density at radius 3 is 2.58 bits per heavy atom. The fourth-order valence-corrected chi connectivity index (χ4v) is 1.99. The minimum atomic E-state index is -0.328. The van der Waals surface area contributed by atoms with E-state index in [1.54, 1.807) is 26.2 Å². The van der Waals surface area contributed by atoms with E-state index in [-0.39, 0.29) is 18.3 Å². The minimum Gasteiger partial charge on any atom is -0.348 e. The van der Waals surface area contributed by atoms with Crippen LogP contribution in [0.5, 0.6) is 0 Å². The van der Waals surface area contributed by atoms with Crippen molar-refractivity contribution in [2.24, 2.45) is 0 Å². The molecule has 0 radical (unpaired) electrons. The Morgan fingerprint density at radius 1 is 1.37 bits per heavy atom. The van der Waals surface area contributed by atoms with Gasteiger partial charge in [0.05, 0.1) is 6.54 Å². The molecule has 0 aliphatic rings. The van der Waals surface area contributed by atoms with Crippen LogP contribution in [0.3, 0.4) is 0 Å². The highest BCUT2D eigenvalue weighted by Crippen LogP contribution is 2.20. The standard InChI is InChI=1S/C14H20ClFN2O/c1-4-8-18(10-14(19)17(2)3)9-11-12(15)6-5-7-13(11)16/h5-7H,4,8-10H2,1-3H3. The zero-order valence-corrected chi connectivity index (χ0v) is 12.4. The summed E-state index contributed by atoms with van der Waals surface area (Å²) in [4.78, 5) is 15.2. The molecule has 1 aromatic carbocycles. The lowest BCUT2D eigenvalue weighted by atomic mass is 10.2. The minimum absolute atomic E-state index is 0.000844. The number of likely N-dealkylation sites (N-methyl/N-ethyl adjacent to an activating group) is 1. The number of carbonyl (C=O) groups excluding carboxylic acids is 1. The zero-order chi connectivity index (χ0) is 14.4. The lowest BCUT2D eigenvalue weighted by molar-refractivity contribution is -0.130. The van der Waals surface area contributed by atoms with Gasteiger partial charge in [-0.1, -0.05) is 24.6 Å². The van der Waals surface area contributed by atoms with Crippen LogP contribution in [-0.4, -0.2) is 42.9 Å². The summed E-state index contributed by atoms with van der Waals surface area (Å²) >= 11 is 6.01. The third kappa shape index (κ3) is 4.80. The van der Waals surface area contributed by atoms with E-state index in [0.717, 1.165) is 13.0 Å². The molecule has 0 saturated heterocycles. The quantitative estimate of drug-likeness (QED) is 0.803. The van der Waals surface area contributed by atoms with Gasteiger partial charge in [0.1, 0.15) is 5.82 Å². The van der Waals surface area contributed by atoms with Crippen molar-refractivity contribution in [3.8, 4) is 0 Å². The first-order valence-corrected chi connectivity index (χ1v) is 6.69. The van der Waals surface area contributed by atoms with Gasteiger partial charge in [-0.2, -0.15) is 0 Å². The molecule has 0 heterocycles. The van der Waals surface area contributed by atoms with Crippen molar-refractivity contribution in [3.63, 3.8) is 0 Å². The van der Waals surface area contributed by atoms with E-state index < -0.39 is 0 Å². The predicted octanol–water partition coefficient (Wildman–Crippen LogP) is 2.78. The van der Waals surface area contributed by atoms with E-state index in [9.17, 15) is 9.18 Å². The number of rotatable bonds is 6. The van der Waals surface area contributed by atoms with Crippen molar-refractivity contribution in [2.45, 2.75) is 19.9 Å². The Bertz CT molecular complexity index is 417. The van der Waals surface area contributed by atoms with E-state index in [1.807, 2.05) is 11.8 Å². The average Bonchev–Trinajstić information content (AvgIpc) is 2.34. The van der Waals surface area contributed by atoms with Crippen LogP contribution < -0.4 is 0 Å². The topological polar surface area (TPSA) is 23.6 Å². The Hall–Kier alpha value is -1.13. The average molecular weight is 287 g/mol. The maximum atomic E-state index is 13.7. The Kier molecular flexibility index (Phi) is 6.25. The molecule has 0 aliphatic carbocycles. The summed E-state index contributed by atoms with van der Waals surface area (Å²) in [5.41, 5.74) is 0.448. The lowest BCUT2D eigenvalue weighted by Crippen LogP contribution is -2.36. The molecule has 19 heavy (non-hydrogen) atoms. The lowest BCUT2D eigenvalue weighted by Gasteiger charge is -2.23. The smallest absolute Gasteiger partial charge is 0.236 e. The van der Waals surface area contributed by atoms with Crippen molar-refractivity contribution < 1.29 is 9.18 Å². The number of nitrogens with zero attached hydrogens (tertiary/aromatic N) is 2. The maximum Gasteiger partial charge on any atom is 0.236 e. The van der Waals surface area contributed by atoms with Gasteiger partial charge in [0.2, 0.25) is 5.91 Å². The Morgan fingerprint density at radius 2 is 2.05 bits per heavy atom. The monoisotopic (exact) mass is 286 g/mol. The van der Waals surface area contributed by atoms with Crippen LogP contribution in [0.25, 0.3) is 0 Å². The SMILES string of the molecule is CCCN(CC(=O)N(C)C)Cc1c(F)cccc1Cl. The number of hydrogen-bond acceptors (Lipinski definition) is 2. The first-order chi connectivity index (χ1) is 8.95. The molecule has 1 aromatic rings. The summed E-state index contributed by atoms with van der Waals surface area (Å²) in [5.74, 6) is -0.327. The van der Waals surface area contributed by atoms with Gasteiger partial charge in [-0.05, 0) is 25.1 Å². The second-order valence-electron chi connectivity index (χ2n) is 4.70. The van der Waals surface area contributed by atoms with E-state index in [2.05, 4.69) is 0 Å². The largest absolute Gasteiger partial charge is 0.348 e. The molecule has 0 unspecified atom stereocenters. The molecule has 0 N–H and O–H groups in total. The first kappa shape index (κ1) is 15.9. The highest BCUT2D eigenvalue weighted by atomic mass is 35.5. The normalized spacial score (nSPS) is 10.8. The zero-order valence-electron chi connectivity index (χ0n) is 11.6. The summed E-state index contributed by atoms with van der Waals surface area (Å²) in [5, 5.41) is 0.401. The van der Waals surface area contributed by atoms with E-state index >= 15 is 0 Å². The Balaban J connectivity index is 2.81. The van der Waals surface area contributed by atoms with Crippen LogP contribution in [-0.2, 0) is 11.3 Å². The van der Waals surface area contributed by atoms with Gasteiger partial charge < -0.3 is 4.90 Å². The molecule has 0 saturated carbocycles. The summed E-state index contributed by atoms with van der Waals surface area (Å²) in [6.07, 6.45) is 0.896. The molecular formula is C14H20ClFN2O. The second-order valence-corrected chi connectivity index (χ2v) is 5.11. The highest BCUT2D eigenvalue weighted by Gasteiger charge is 2.15. The van der Waals surface area contributed by atoms with Gasteiger partial charge in [0.15, 0.2) is 0 Å². The molecule has 0 aromatic heterocycles. The molecular weight excluding hydrogens is 267 g/mol. The molecule has 1 rings (SSSR count). The van der Waals surface area contributed by atoms with Crippen molar-refractivity contribution in [3.05, 3.63) is 34.6 Å². The van der Waals surface area contributed by atoms with Gasteiger partial charge in [0.25, 0.3) is 0 Å². The van der Waals surface area contributed by atoms with Gasteiger partial charge in [-0.25, -0.2) is 4.39 Å². The van der Waals surface area contributed by atoms with Crippen LogP contribution in [0, 0.1) is 5.82 Å². The Labute approximate surface area is 119 Å². The van der Waals surface area contributed by atoms with Crippen LogP contribution >= 0.6 is 11.6 Å². The van der Waals surface area contributed by atoms with Gasteiger partial charge >= 0.3 is 0 Å². The van der Waals surface area contributed by atoms with Crippen LogP contribution in [0.15, 0.2) is 18.2 Å². The van der Waals surface area contributed by atoms with Gasteiger partial charge in [-0.3, -0.25) is 9.69 Å². The number of benzene rings is 1. The van der Waals surface area contributed by atoms with Crippen LogP contribution in [0.4, 0.5) is 4.39 Å². The third-order valence-electron chi connectivity index (χ3n) is 2.84. The third-order valence-corrected chi connectivity index (χ3v) is 3.20. The number of amides is 1. The molecule has 0 bridgehead atoms. The van der Waals surface area contributed by atoms with E-state index in [4.69, 9.17) is 11.6 Å². The first-order valence-electron chi connectivity index (χ1n) is 6.31. The fraction of sp³-hybridized carbons (Fsp3) is 0.500. The molecule has 1 amide bonds. The summed E-state index contributed by atoms with van der Waals surface area (Å²) < 4.78 is 13.7. The summed E-state index contributed by atoms with van der Waals surface area (Å²) in [6.45, 7) is 3.37. The van der Waals surface area contributed by atoms with Crippen molar-refractivity contribution in [1.82, 2.24) is 9.80 Å². The molecule has 0 fully saturated rings. The molecule has 0 spiro atoms. The molecule has 0 atom stereocenters. The van der Waals surface area contributed by atoms with Crippen LogP contribution in [0.1, 0.15) is 18.9 Å².